The van der Waals surface area contributed by atoms with E-state index in [1.165, 1.54) is 4.90 Å². The molecular weight excluding hydrogens is 479 g/mol. The third-order valence-electron chi connectivity index (χ3n) is 4.57. The highest BCUT2D eigenvalue weighted by Gasteiger charge is 2.40. The molecule has 1 aromatic carbocycles. The second kappa shape index (κ2) is 8.76. The Balaban J connectivity index is 1.64. The van der Waals surface area contributed by atoms with E-state index < -0.39 is 18.0 Å². The van der Waals surface area contributed by atoms with E-state index in [4.69, 9.17) is 4.74 Å². The fraction of sp³-hybridized carbons (Fsp3) is 0.444. The number of rotatable bonds is 6. The minimum absolute atomic E-state index is 0.190. The molecule has 1 fully saturated rings. The lowest BCUT2D eigenvalue weighted by atomic mass is 10.0. The molecule has 0 bridgehead atoms. The van der Waals surface area contributed by atoms with Crippen molar-refractivity contribution >= 4 is 52.1 Å². The van der Waals surface area contributed by atoms with Gasteiger partial charge in [-0.2, -0.15) is 0 Å². The lowest BCUT2D eigenvalue weighted by molar-refractivity contribution is -0.136. The Morgan fingerprint density at radius 1 is 1.32 bits per heavy atom. The number of alkyl carbamates (subject to hydrolysis) is 1. The van der Waals surface area contributed by atoms with Gasteiger partial charge in [-0.05, 0) is 53.6 Å². The number of anilines is 1. The molecule has 1 saturated heterocycles. The molecule has 2 aliphatic rings. The van der Waals surface area contributed by atoms with Crippen LogP contribution < -0.4 is 16.0 Å². The van der Waals surface area contributed by atoms with E-state index in [2.05, 4.69) is 38.5 Å². The van der Waals surface area contributed by atoms with E-state index in [-0.39, 0.29) is 18.2 Å². The van der Waals surface area contributed by atoms with Crippen LogP contribution in [0, 0.1) is 3.57 Å². The molecule has 10 heteroatoms. The number of ether oxygens (including phenoxy) is 1. The maximum Gasteiger partial charge on any atom is 0.407 e. The van der Waals surface area contributed by atoms with Gasteiger partial charge >= 0.3 is 6.09 Å². The van der Waals surface area contributed by atoms with Crippen LogP contribution in [0.25, 0.3) is 0 Å². The van der Waals surface area contributed by atoms with Crippen LogP contribution in [0.1, 0.15) is 35.7 Å². The van der Waals surface area contributed by atoms with Gasteiger partial charge in [-0.3, -0.25) is 19.7 Å². The molecule has 1 unspecified atom stereocenters. The normalized spacial score (nSPS) is 18.6. The molecule has 2 aliphatic heterocycles. The maximum absolute atomic E-state index is 12.8. The third kappa shape index (κ3) is 4.37. The number of benzene rings is 1. The first kappa shape index (κ1) is 20.4. The summed E-state index contributed by atoms with van der Waals surface area (Å²) in [7, 11) is 0. The molecule has 150 valence electrons. The summed E-state index contributed by atoms with van der Waals surface area (Å²) in [6.07, 6.45) is 0.109. The summed E-state index contributed by atoms with van der Waals surface area (Å²) in [5.74, 6) is -0.914. The van der Waals surface area contributed by atoms with E-state index in [0.29, 0.717) is 38.2 Å². The Morgan fingerprint density at radius 3 is 2.82 bits per heavy atom. The Morgan fingerprint density at radius 2 is 2.11 bits per heavy atom. The van der Waals surface area contributed by atoms with Crippen molar-refractivity contribution in [3.63, 3.8) is 0 Å². The standard InChI is InChI=1S/C18H21IN4O5/c1-2-28-18(27)21-6-5-20-11-7-10-9-23(17(26)15(10)12(19)8-11)13-3-4-14(24)22-16(13)25/h7-8,13,20H,2-6,9H2,1H3,(H,21,27)(H,22,24,25). The predicted molar refractivity (Wildman–Crippen MR) is 109 cm³/mol. The van der Waals surface area contributed by atoms with Gasteiger partial charge in [-0.15, -0.1) is 0 Å². The molecule has 0 aromatic heterocycles. The smallest absolute Gasteiger partial charge is 0.407 e. The van der Waals surface area contributed by atoms with Gasteiger partial charge in [0.1, 0.15) is 6.04 Å². The molecule has 0 radical (unpaired) electrons. The summed E-state index contributed by atoms with van der Waals surface area (Å²) in [5.41, 5.74) is 2.26. The lowest BCUT2D eigenvalue weighted by Crippen LogP contribution is -2.52. The third-order valence-corrected chi connectivity index (χ3v) is 5.42. The average Bonchev–Trinajstić information content (AvgIpc) is 2.96. The first-order chi connectivity index (χ1) is 13.4. The quantitative estimate of drug-likeness (QED) is 0.307. The number of hydrogen-bond acceptors (Lipinski definition) is 6. The largest absolute Gasteiger partial charge is 0.450 e. The molecule has 3 N–H and O–H groups in total. The molecule has 1 aromatic rings. The van der Waals surface area contributed by atoms with Crippen LogP contribution >= 0.6 is 22.6 Å². The molecule has 2 heterocycles. The number of imide groups is 1. The van der Waals surface area contributed by atoms with Gasteiger partial charge in [0.05, 0.1) is 12.2 Å². The Bertz CT molecular complexity index is 828. The van der Waals surface area contributed by atoms with E-state index >= 15 is 0 Å². The summed E-state index contributed by atoms with van der Waals surface area (Å²) in [4.78, 5) is 49.1. The predicted octanol–water partition coefficient (Wildman–Crippen LogP) is 1.21. The van der Waals surface area contributed by atoms with Crippen molar-refractivity contribution in [3.05, 3.63) is 26.8 Å². The van der Waals surface area contributed by atoms with E-state index in [1.54, 1.807) is 6.92 Å². The highest BCUT2D eigenvalue weighted by atomic mass is 127. The van der Waals surface area contributed by atoms with Crippen LogP contribution in [0.3, 0.4) is 0 Å². The van der Waals surface area contributed by atoms with E-state index in [9.17, 15) is 19.2 Å². The van der Waals surface area contributed by atoms with Crippen LogP contribution in [0.4, 0.5) is 10.5 Å². The highest BCUT2D eigenvalue weighted by Crippen LogP contribution is 2.32. The zero-order valence-corrected chi connectivity index (χ0v) is 17.5. The van der Waals surface area contributed by atoms with Crippen molar-refractivity contribution in [3.8, 4) is 0 Å². The first-order valence-corrected chi connectivity index (χ1v) is 10.1. The number of amides is 4. The highest BCUT2D eigenvalue weighted by molar-refractivity contribution is 14.1. The van der Waals surface area contributed by atoms with Gasteiger partial charge in [0.2, 0.25) is 11.8 Å². The molecule has 3 rings (SSSR count). The molecule has 0 saturated carbocycles. The number of halogens is 1. The molecule has 28 heavy (non-hydrogen) atoms. The topological polar surface area (TPSA) is 117 Å². The minimum Gasteiger partial charge on any atom is -0.450 e. The van der Waals surface area contributed by atoms with Crippen LogP contribution in [0.15, 0.2) is 12.1 Å². The number of fused-ring (bicyclic) bond motifs is 1. The van der Waals surface area contributed by atoms with Gasteiger partial charge in [0.15, 0.2) is 0 Å². The van der Waals surface area contributed by atoms with Crippen molar-refractivity contribution in [1.82, 2.24) is 15.5 Å². The van der Waals surface area contributed by atoms with Gasteiger partial charge in [-0.1, -0.05) is 0 Å². The van der Waals surface area contributed by atoms with Gasteiger partial charge in [0.25, 0.3) is 5.91 Å². The number of nitrogens with one attached hydrogen (secondary N) is 3. The lowest BCUT2D eigenvalue weighted by Gasteiger charge is -2.29. The molecule has 0 spiro atoms. The zero-order valence-electron chi connectivity index (χ0n) is 15.3. The van der Waals surface area contributed by atoms with Crippen molar-refractivity contribution < 1.29 is 23.9 Å². The summed E-state index contributed by atoms with van der Waals surface area (Å²) < 4.78 is 5.58. The number of hydrogen-bond donors (Lipinski definition) is 3. The minimum atomic E-state index is -0.626. The fourth-order valence-corrected chi connectivity index (χ4v) is 4.23. The zero-order chi connectivity index (χ0) is 20.3. The van der Waals surface area contributed by atoms with Crippen LogP contribution in [-0.4, -0.2) is 54.5 Å². The van der Waals surface area contributed by atoms with Crippen LogP contribution in [0.5, 0.6) is 0 Å². The number of nitrogens with zero attached hydrogens (tertiary/aromatic N) is 1. The van der Waals surface area contributed by atoms with Crippen molar-refractivity contribution in [2.45, 2.75) is 32.4 Å². The maximum atomic E-state index is 12.8. The average molecular weight is 500 g/mol. The second-order valence-electron chi connectivity index (χ2n) is 6.47. The Labute approximate surface area is 175 Å². The summed E-state index contributed by atoms with van der Waals surface area (Å²) in [5, 5.41) is 8.14. The number of carbonyl (C=O) groups is 4. The Hall–Kier alpha value is -2.37. The first-order valence-electron chi connectivity index (χ1n) is 9.02. The summed E-state index contributed by atoms with van der Waals surface area (Å²) in [6, 6.07) is 3.11. The molecule has 9 nitrogen and oxygen atoms in total. The fourth-order valence-electron chi connectivity index (χ4n) is 3.31. The van der Waals surface area contributed by atoms with Gasteiger partial charge in [0, 0.05) is 35.3 Å². The van der Waals surface area contributed by atoms with Crippen molar-refractivity contribution in [2.24, 2.45) is 0 Å². The number of carbonyl (C=O) groups excluding carboxylic acids is 4. The molecular formula is C18H21IN4O5. The van der Waals surface area contributed by atoms with Crippen molar-refractivity contribution in [2.75, 3.05) is 25.0 Å². The number of piperidine rings is 1. The second-order valence-corrected chi connectivity index (χ2v) is 7.63. The SMILES string of the molecule is CCOC(=O)NCCNc1cc(I)c2c(c1)CN(C1CCC(=O)NC1=O)C2=O. The van der Waals surface area contributed by atoms with E-state index in [1.807, 2.05) is 12.1 Å². The Kier molecular flexibility index (Phi) is 6.37. The van der Waals surface area contributed by atoms with Crippen LogP contribution in [-0.2, 0) is 20.9 Å². The summed E-state index contributed by atoms with van der Waals surface area (Å²) in [6.45, 7) is 3.28. The van der Waals surface area contributed by atoms with Gasteiger partial charge in [-0.25, -0.2) is 4.79 Å². The molecule has 1 atom stereocenters. The monoisotopic (exact) mass is 500 g/mol. The van der Waals surface area contributed by atoms with E-state index in [0.717, 1.165) is 14.8 Å². The molecule has 4 amide bonds. The van der Waals surface area contributed by atoms with Gasteiger partial charge < -0.3 is 20.3 Å². The summed E-state index contributed by atoms with van der Waals surface area (Å²) >= 11 is 2.11. The van der Waals surface area contributed by atoms with Crippen LogP contribution in [0.2, 0.25) is 0 Å². The van der Waals surface area contributed by atoms with Crippen molar-refractivity contribution in [1.29, 1.82) is 0 Å². The molecule has 0 aliphatic carbocycles.